The lowest BCUT2D eigenvalue weighted by molar-refractivity contribution is -0.122. The van der Waals surface area contributed by atoms with Crippen LogP contribution in [-0.4, -0.2) is 12.5 Å². The van der Waals surface area contributed by atoms with Gasteiger partial charge in [-0.05, 0) is 49.6 Å². The van der Waals surface area contributed by atoms with E-state index in [9.17, 15) is 4.79 Å². The van der Waals surface area contributed by atoms with Crippen LogP contribution in [0.4, 0.5) is 5.69 Å². The van der Waals surface area contributed by atoms with Gasteiger partial charge >= 0.3 is 0 Å². The number of ether oxygens (including phenoxy) is 1. The number of anilines is 1. The van der Waals surface area contributed by atoms with E-state index < -0.39 is 5.41 Å². The zero-order valence-corrected chi connectivity index (χ0v) is 15.5. The summed E-state index contributed by atoms with van der Waals surface area (Å²) in [6, 6.07) is 16.0. The van der Waals surface area contributed by atoms with Crippen molar-refractivity contribution in [3.63, 3.8) is 0 Å². The first kappa shape index (κ1) is 18.2. The highest BCUT2D eigenvalue weighted by Crippen LogP contribution is 2.40. The van der Waals surface area contributed by atoms with E-state index in [4.69, 9.17) is 4.74 Å². The Morgan fingerprint density at radius 3 is 2.35 bits per heavy atom. The highest BCUT2D eigenvalue weighted by Gasteiger charge is 2.41. The lowest BCUT2D eigenvalue weighted by atomic mass is 9.68. The molecule has 2 aromatic carbocycles. The van der Waals surface area contributed by atoms with Crippen LogP contribution >= 0.6 is 0 Å². The lowest BCUT2D eigenvalue weighted by Crippen LogP contribution is -2.42. The SMILES string of the molecule is C=CCOc1ccc(NC(=O)C2(c3ccc(C)cc3)CCCCC2)cc1. The fraction of sp³-hybridized carbons (Fsp3) is 0.348. The van der Waals surface area contributed by atoms with Crippen LogP contribution in [-0.2, 0) is 10.2 Å². The molecule has 0 heterocycles. The van der Waals surface area contributed by atoms with E-state index in [1.54, 1.807) is 6.08 Å². The summed E-state index contributed by atoms with van der Waals surface area (Å²) in [6.45, 7) is 6.20. The fourth-order valence-corrected chi connectivity index (χ4v) is 3.72. The summed E-state index contributed by atoms with van der Waals surface area (Å²) in [4.78, 5) is 13.3. The molecule has 1 saturated carbocycles. The summed E-state index contributed by atoms with van der Waals surface area (Å²) >= 11 is 0. The Labute approximate surface area is 156 Å². The third-order valence-electron chi connectivity index (χ3n) is 5.23. The molecule has 0 spiro atoms. The predicted octanol–water partition coefficient (Wildman–Crippen LogP) is 5.40. The smallest absolute Gasteiger partial charge is 0.235 e. The molecule has 1 aliphatic carbocycles. The van der Waals surface area contributed by atoms with Gasteiger partial charge in [0.25, 0.3) is 0 Å². The number of amides is 1. The highest BCUT2D eigenvalue weighted by molar-refractivity contribution is 5.99. The van der Waals surface area contributed by atoms with Gasteiger partial charge in [0.1, 0.15) is 12.4 Å². The zero-order chi connectivity index (χ0) is 18.4. The van der Waals surface area contributed by atoms with Crippen molar-refractivity contribution in [2.75, 3.05) is 11.9 Å². The molecule has 26 heavy (non-hydrogen) atoms. The van der Waals surface area contributed by atoms with E-state index in [0.717, 1.165) is 42.7 Å². The molecule has 0 radical (unpaired) electrons. The van der Waals surface area contributed by atoms with Gasteiger partial charge < -0.3 is 10.1 Å². The number of nitrogens with one attached hydrogen (secondary N) is 1. The number of aryl methyl sites for hydroxylation is 1. The van der Waals surface area contributed by atoms with Gasteiger partial charge in [-0.2, -0.15) is 0 Å². The molecule has 0 bridgehead atoms. The number of carbonyl (C=O) groups excluding carboxylic acids is 1. The van der Waals surface area contributed by atoms with Gasteiger partial charge in [-0.3, -0.25) is 4.79 Å². The van der Waals surface area contributed by atoms with Gasteiger partial charge in [-0.25, -0.2) is 0 Å². The Kier molecular flexibility index (Phi) is 5.77. The molecule has 136 valence electrons. The van der Waals surface area contributed by atoms with Gasteiger partial charge in [-0.1, -0.05) is 61.7 Å². The van der Waals surface area contributed by atoms with Crippen molar-refractivity contribution in [2.24, 2.45) is 0 Å². The van der Waals surface area contributed by atoms with E-state index in [2.05, 4.69) is 43.1 Å². The normalized spacial score (nSPS) is 15.9. The molecule has 0 aromatic heterocycles. The Balaban J connectivity index is 1.79. The second kappa shape index (κ2) is 8.22. The monoisotopic (exact) mass is 349 g/mol. The first-order valence-corrected chi connectivity index (χ1v) is 9.36. The molecular weight excluding hydrogens is 322 g/mol. The van der Waals surface area contributed by atoms with E-state index in [-0.39, 0.29) is 5.91 Å². The van der Waals surface area contributed by atoms with Crippen molar-refractivity contribution in [3.8, 4) is 5.75 Å². The van der Waals surface area contributed by atoms with Crippen LogP contribution in [0.5, 0.6) is 5.75 Å². The molecule has 1 N–H and O–H groups in total. The molecule has 1 fully saturated rings. The minimum Gasteiger partial charge on any atom is -0.490 e. The van der Waals surface area contributed by atoms with Crippen LogP contribution < -0.4 is 10.1 Å². The Hall–Kier alpha value is -2.55. The molecule has 1 amide bonds. The van der Waals surface area contributed by atoms with Crippen molar-refractivity contribution in [1.29, 1.82) is 0 Å². The summed E-state index contributed by atoms with van der Waals surface area (Å²) < 4.78 is 5.50. The molecule has 0 aliphatic heterocycles. The summed E-state index contributed by atoms with van der Waals surface area (Å²) in [6.07, 6.45) is 6.91. The maximum atomic E-state index is 13.3. The number of carbonyl (C=O) groups is 1. The first-order chi connectivity index (χ1) is 12.6. The Morgan fingerprint density at radius 2 is 1.73 bits per heavy atom. The van der Waals surface area contributed by atoms with Crippen molar-refractivity contribution in [1.82, 2.24) is 0 Å². The van der Waals surface area contributed by atoms with Crippen molar-refractivity contribution in [3.05, 3.63) is 72.3 Å². The first-order valence-electron chi connectivity index (χ1n) is 9.36. The van der Waals surface area contributed by atoms with E-state index in [1.807, 2.05) is 24.3 Å². The van der Waals surface area contributed by atoms with E-state index in [0.29, 0.717) is 6.61 Å². The Bertz CT molecular complexity index is 741. The minimum atomic E-state index is -0.427. The van der Waals surface area contributed by atoms with Gasteiger partial charge in [0, 0.05) is 5.69 Å². The number of rotatable bonds is 6. The third-order valence-corrected chi connectivity index (χ3v) is 5.23. The summed E-state index contributed by atoms with van der Waals surface area (Å²) in [7, 11) is 0. The molecule has 0 atom stereocenters. The van der Waals surface area contributed by atoms with Crippen LogP contribution in [0.2, 0.25) is 0 Å². The molecule has 3 rings (SSSR count). The van der Waals surface area contributed by atoms with Gasteiger partial charge in [0.05, 0.1) is 5.41 Å². The molecule has 0 saturated heterocycles. The van der Waals surface area contributed by atoms with Crippen molar-refractivity contribution in [2.45, 2.75) is 44.4 Å². The lowest BCUT2D eigenvalue weighted by Gasteiger charge is -2.36. The van der Waals surface area contributed by atoms with Crippen LogP contribution in [0.3, 0.4) is 0 Å². The second-order valence-electron chi connectivity index (χ2n) is 7.09. The van der Waals surface area contributed by atoms with Crippen LogP contribution in [0, 0.1) is 6.92 Å². The van der Waals surface area contributed by atoms with Crippen LogP contribution in [0.15, 0.2) is 61.2 Å². The molecule has 1 aliphatic rings. The topological polar surface area (TPSA) is 38.3 Å². The number of hydrogen-bond donors (Lipinski definition) is 1. The minimum absolute atomic E-state index is 0.0980. The van der Waals surface area contributed by atoms with Gasteiger partial charge in [0.2, 0.25) is 5.91 Å². The average molecular weight is 349 g/mol. The molecule has 3 heteroatoms. The quantitative estimate of drug-likeness (QED) is 0.709. The molecular formula is C23H27NO2. The zero-order valence-electron chi connectivity index (χ0n) is 15.5. The maximum absolute atomic E-state index is 13.3. The second-order valence-corrected chi connectivity index (χ2v) is 7.09. The van der Waals surface area contributed by atoms with Crippen LogP contribution in [0.25, 0.3) is 0 Å². The highest BCUT2D eigenvalue weighted by atomic mass is 16.5. The van der Waals surface area contributed by atoms with E-state index in [1.165, 1.54) is 12.0 Å². The van der Waals surface area contributed by atoms with E-state index >= 15 is 0 Å². The van der Waals surface area contributed by atoms with Crippen molar-refractivity contribution < 1.29 is 9.53 Å². The summed E-state index contributed by atoms with van der Waals surface area (Å²) in [5, 5.41) is 3.13. The van der Waals surface area contributed by atoms with Crippen molar-refractivity contribution >= 4 is 11.6 Å². The van der Waals surface area contributed by atoms with Gasteiger partial charge in [-0.15, -0.1) is 0 Å². The summed E-state index contributed by atoms with van der Waals surface area (Å²) in [5.41, 5.74) is 2.73. The number of hydrogen-bond acceptors (Lipinski definition) is 2. The van der Waals surface area contributed by atoms with Crippen LogP contribution in [0.1, 0.15) is 43.2 Å². The van der Waals surface area contributed by atoms with Gasteiger partial charge in [0.15, 0.2) is 0 Å². The molecule has 2 aromatic rings. The maximum Gasteiger partial charge on any atom is 0.235 e. The Morgan fingerprint density at radius 1 is 1.08 bits per heavy atom. The number of benzene rings is 2. The largest absolute Gasteiger partial charge is 0.490 e. The standard InChI is InChI=1S/C23H27NO2/c1-3-17-26-21-13-11-20(12-14-21)24-22(25)23(15-5-4-6-16-23)19-9-7-18(2)8-10-19/h3,7-14H,1,4-6,15-17H2,2H3,(H,24,25). The molecule has 3 nitrogen and oxygen atoms in total. The third kappa shape index (κ3) is 3.98. The predicted molar refractivity (Wildman–Crippen MR) is 107 cm³/mol. The fourth-order valence-electron chi connectivity index (χ4n) is 3.72. The average Bonchev–Trinajstić information content (AvgIpc) is 2.68. The summed E-state index contributed by atoms with van der Waals surface area (Å²) in [5.74, 6) is 0.870. The molecule has 0 unspecified atom stereocenters.